The van der Waals surface area contributed by atoms with Gasteiger partial charge >= 0.3 is 0 Å². The van der Waals surface area contributed by atoms with Gasteiger partial charge in [-0.25, -0.2) is 4.39 Å². The maximum absolute atomic E-state index is 12.1. The fourth-order valence-electron chi connectivity index (χ4n) is 0.733. The molecule has 2 rings (SSSR count). The van der Waals surface area contributed by atoms with Crippen molar-refractivity contribution in [1.82, 2.24) is 0 Å². The summed E-state index contributed by atoms with van der Waals surface area (Å²) >= 11 is 3.18. The third-order valence-corrected chi connectivity index (χ3v) is 2.19. The Hall–Kier alpha value is -0.410. The predicted molar refractivity (Wildman–Crippen MR) is 54.1 cm³/mol. The minimum Gasteiger partial charge on any atom is -0.381 e. The first kappa shape index (κ1) is 10.7. The quantitative estimate of drug-likeness (QED) is 0.739. The van der Waals surface area contributed by atoms with Crippen LogP contribution in [-0.4, -0.2) is 13.2 Å². The van der Waals surface area contributed by atoms with Crippen LogP contribution in [0.2, 0.25) is 0 Å². The van der Waals surface area contributed by atoms with Crippen LogP contribution in [0.15, 0.2) is 28.7 Å². The van der Waals surface area contributed by atoms with Crippen molar-refractivity contribution >= 4 is 15.9 Å². The second kappa shape index (κ2) is 5.35. The first-order valence-corrected chi connectivity index (χ1v) is 4.95. The van der Waals surface area contributed by atoms with Gasteiger partial charge in [0.15, 0.2) is 0 Å². The zero-order valence-electron chi connectivity index (χ0n) is 7.47. The molecule has 1 aromatic carbocycles. The molecule has 0 aromatic heterocycles. The minimum absolute atomic E-state index is 0.201. The molecule has 0 unspecified atom stereocenters. The normalized spacial score (nSPS) is 14.7. The number of halogens is 2. The molecular formula is C10H12BrFO. The van der Waals surface area contributed by atoms with E-state index in [-0.39, 0.29) is 5.82 Å². The van der Waals surface area contributed by atoms with E-state index in [1.54, 1.807) is 19.2 Å². The lowest BCUT2D eigenvalue weighted by atomic mass is 10.4. The van der Waals surface area contributed by atoms with Crippen LogP contribution in [0.25, 0.3) is 0 Å². The molecule has 0 spiro atoms. The van der Waals surface area contributed by atoms with E-state index in [2.05, 4.69) is 15.9 Å². The van der Waals surface area contributed by atoms with E-state index in [1.165, 1.54) is 25.0 Å². The van der Waals surface area contributed by atoms with Gasteiger partial charge in [-0.15, -0.1) is 0 Å². The Kier molecular flexibility index (Phi) is 4.39. The summed E-state index contributed by atoms with van der Waals surface area (Å²) < 4.78 is 17.8. The Morgan fingerprint density at radius 2 is 1.85 bits per heavy atom. The molecule has 0 heterocycles. The molecule has 1 fully saturated rings. The van der Waals surface area contributed by atoms with Gasteiger partial charge in [0.1, 0.15) is 5.82 Å². The summed E-state index contributed by atoms with van der Waals surface area (Å²) in [5.41, 5.74) is 0. The van der Waals surface area contributed by atoms with Gasteiger partial charge in [0.2, 0.25) is 0 Å². The summed E-state index contributed by atoms with van der Waals surface area (Å²) in [5.74, 6) is -0.201. The third kappa shape index (κ3) is 5.01. The first-order valence-electron chi connectivity index (χ1n) is 4.16. The van der Waals surface area contributed by atoms with Gasteiger partial charge in [-0.1, -0.05) is 15.9 Å². The lowest BCUT2D eigenvalue weighted by Crippen LogP contribution is -1.79. The minimum atomic E-state index is -0.201. The maximum Gasteiger partial charge on any atom is 0.123 e. The molecule has 0 aliphatic heterocycles. The van der Waals surface area contributed by atoms with Crippen LogP contribution >= 0.6 is 15.9 Å². The van der Waals surface area contributed by atoms with E-state index in [1.807, 2.05) is 0 Å². The van der Waals surface area contributed by atoms with Crippen molar-refractivity contribution in [3.8, 4) is 0 Å². The van der Waals surface area contributed by atoms with Gasteiger partial charge in [0, 0.05) is 11.6 Å². The van der Waals surface area contributed by atoms with Crippen LogP contribution < -0.4 is 0 Å². The average Bonchev–Trinajstić information content (AvgIpc) is 2.94. The fraction of sp³-hybridized carbons (Fsp3) is 0.400. The SMILES string of the molecule is COC1CC1.Fc1ccc(Br)cc1. The van der Waals surface area contributed by atoms with Crippen molar-refractivity contribution in [2.24, 2.45) is 0 Å². The summed E-state index contributed by atoms with van der Waals surface area (Å²) in [4.78, 5) is 0. The summed E-state index contributed by atoms with van der Waals surface area (Å²) in [7, 11) is 1.76. The molecular weight excluding hydrogens is 235 g/mol. The highest BCUT2D eigenvalue weighted by Gasteiger charge is 2.19. The molecule has 3 heteroatoms. The monoisotopic (exact) mass is 246 g/mol. The molecule has 0 atom stereocenters. The number of ether oxygens (including phenoxy) is 1. The smallest absolute Gasteiger partial charge is 0.123 e. The second-order valence-electron chi connectivity index (χ2n) is 2.87. The van der Waals surface area contributed by atoms with Crippen molar-refractivity contribution in [1.29, 1.82) is 0 Å². The molecule has 0 amide bonds. The molecule has 0 N–H and O–H groups in total. The molecule has 1 saturated carbocycles. The molecule has 1 aliphatic rings. The van der Waals surface area contributed by atoms with Gasteiger partial charge < -0.3 is 4.74 Å². The average molecular weight is 247 g/mol. The number of benzene rings is 1. The Labute approximate surface area is 86.0 Å². The second-order valence-corrected chi connectivity index (χ2v) is 3.79. The number of methoxy groups -OCH3 is 1. The van der Waals surface area contributed by atoms with E-state index in [9.17, 15) is 4.39 Å². The van der Waals surface area contributed by atoms with Crippen LogP contribution in [-0.2, 0) is 4.74 Å². The molecule has 1 aliphatic carbocycles. The number of rotatable bonds is 1. The summed E-state index contributed by atoms with van der Waals surface area (Å²) in [6.45, 7) is 0. The van der Waals surface area contributed by atoms with Gasteiger partial charge in [-0.2, -0.15) is 0 Å². The van der Waals surface area contributed by atoms with Crippen LogP contribution in [0.4, 0.5) is 4.39 Å². The molecule has 1 aromatic rings. The van der Waals surface area contributed by atoms with Crippen molar-refractivity contribution in [3.05, 3.63) is 34.6 Å². The topological polar surface area (TPSA) is 9.23 Å². The van der Waals surface area contributed by atoms with Crippen molar-refractivity contribution in [3.63, 3.8) is 0 Å². The Balaban J connectivity index is 0.000000145. The molecule has 0 saturated heterocycles. The lowest BCUT2D eigenvalue weighted by Gasteiger charge is -1.85. The number of hydrogen-bond donors (Lipinski definition) is 0. The maximum atomic E-state index is 12.1. The summed E-state index contributed by atoms with van der Waals surface area (Å²) in [6.07, 6.45) is 3.21. The van der Waals surface area contributed by atoms with E-state index in [0.29, 0.717) is 6.10 Å². The van der Waals surface area contributed by atoms with Crippen molar-refractivity contribution < 1.29 is 9.13 Å². The van der Waals surface area contributed by atoms with Crippen LogP contribution in [0.1, 0.15) is 12.8 Å². The molecule has 0 bridgehead atoms. The van der Waals surface area contributed by atoms with E-state index in [4.69, 9.17) is 4.74 Å². The standard InChI is InChI=1S/C6H4BrF.C4H8O/c7-5-1-3-6(8)4-2-5;1-5-4-2-3-4/h1-4H;4H,2-3H2,1H3. The van der Waals surface area contributed by atoms with E-state index in [0.717, 1.165) is 4.47 Å². The highest BCUT2D eigenvalue weighted by atomic mass is 79.9. The summed E-state index contributed by atoms with van der Waals surface area (Å²) in [5, 5.41) is 0. The third-order valence-electron chi connectivity index (χ3n) is 1.66. The largest absolute Gasteiger partial charge is 0.381 e. The molecule has 0 radical (unpaired) electrons. The van der Waals surface area contributed by atoms with E-state index < -0.39 is 0 Å². The molecule has 1 nitrogen and oxygen atoms in total. The predicted octanol–water partition coefficient (Wildman–Crippen LogP) is 3.38. The van der Waals surface area contributed by atoms with Gasteiger partial charge in [-0.3, -0.25) is 0 Å². The van der Waals surface area contributed by atoms with Crippen LogP contribution in [0.5, 0.6) is 0 Å². The zero-order chi connectivity index (χ0) is 9.68. The Morgan fingerprint density at radius 3 is 2.08 bits per heavy atom. The van der Waals surface area contributed by atoms with Crippen molar-refractivity contribution in [2.75, 3.05) is 7.11 Å². The molecule has 72 valence electrons. The highest BCUT2D eigenvalue weighted by Crippen LogP contribution is 2.21. The van der Waals surface area contributed by atoms with Gasteiger partial charge in [0.05, 0.1) is 6.10 Å². The van der Waals surface area contributed by atoms with Crippen LogP contribution in [0, 0.1) is 5.82 Å². The zero-order valence-corrected chi connectivity index (χ0v) is 9.05. The van der Waals surface area contributed by atoms with Gasteiger partial charge in [0.25, 0.3) is 0 Å². The van der Waals surface area contributed by atoms with E-state index >= 15 is 0 Å². The van der Waals surface area contributed by atoms with Gasteiger partial charge in [-0.05, 0) is 37.1 Å². The Morgan fingerprint density at radius 1 is 1.31 bits per heavy atom. The van der Waals surface area contributed by atoms with Crippen LogP contribution in [0.3, 0.4) is 0 Å². The summed E-state index contributed by atoms with van der Waals surface area (Å²) in [6, 6.07) is 6.14. The first-order chi connectivity index (χ1) is 6.22. The Bertz CT molecular complexity index is 223. The highest BCUT2D eigenvalue weighted by molar-refractivity contribution is 9.10. The lowest BCUT2D eigenvalue weighted by molar-refractivity contribution is 0.183. The fourth-order valence-corrected chi connectivity index (χ4v) is 0.998. The number of hydrogen-bond acceptors (Lipinski definition) is 1. The molecule has 13 heavy (non-hydrogen) atoms. The van der Waals surface area contributed by atoms with Crippen molar-refractivity contribution in [2.45, 2.75) is 18.9 Å².